The summed E-state index contributed by atoms with van der Waals surface area (Å²) in [6, 6.07) is 1.97. The third-order valence-corrected chi connectivity index (χ3v) is 5.44. The van der Waals surface area contributed by atoms with Crippen LogP contribution in [0.2, 0.25) is 19.6 Å². The number of nitrogens with zero attached hydrogens (tertiary/aromatic N) is 2. The molecule has 0 aromatic rings. The molecule has 2 nitrogen and oxygen atoms in total. The van der Waals surface area contributed by atoms with Crippen LogP contribution in [-0.4, -0.2) is 30.6 Å². The summed E-state index contributed by atoms with van der Waals surface area (Å²) < 4.78 is 2.70. The van der Waals surface area contributed by atoms with E-state index in [4.69, 9.17) is 4.99 Å². The van der Waals surface area contributed by atoms with E-state index in [0.29, 0.717) is 6.04 Å². The van der Waals surface area contributed by atoms with Gasteiger partial charge >= 0.3 is 0 Å². The summed E-state index contributed by atoms with van der Waals surface area (Å²) in [5.74, 6) is 0. The zero-order valence-electron chi connectivity index (χ0n) is 12.0. The van der Waals surface area contributed by atoms with Gasteiger partial charge in [0.05, 0.1) is 8.24 Å². The van der Waals surface area contributed by atoms with E-state index in [0.717, 1.165) is 12.8 Å². The first-order chi connectivity index (χ1) is 7.24. The van der Waals surface area contributed by atoms with E-state index in [1.807, 2.05) is 0 Å². The molecule has 1 unspecified atom stereocenters. The van der Waals surface area contributed by atoms with Gasteiger partial charge in [0, 0.05) is 11.8 Å². The van der Waals surface area contributed by atoms with Gasteiger partial charge in [-0.25, -0.2) is 6.04 Å². The predicted molar refractivity (Wildman–Crippen MR) is 75.4 cm³/mol. The second kappa shape index (κ2) is 4.61. The Kier molecular flexibility index (Phi) is 4.01. The van der Waals surface area contributed by atoms with E-state index >= 15 is 0 Å². The molecule has 0 fully saturated rings. The minimum Gasteiger partial charge on any atom is -0.465 e. The van der Waals surface area contributed by atoms with Crippen LogP contribution in [0.15, 0.2) is 4.99 Å². The van der Waals surface area contributed by atoms with E-state index in [2.05, 4.69) is 58.1 Å². The highest BCUT2D eigenvalue weighted by Gasteiger charge is 2.35. The van der Waals surface area contributed by atoms with Crippen LogP contribution in [0.5, 0.6) is 0 Å². The molecule has 1 atom stereocenters. The van der Waals surface area contributed by atoms with Gasteiger partial charge in [-0.1, -0.05) is 46.0 Å². The highest BCUT2D eigenvalue weighted by atomic mass is 28.3. The van der Waals surface area contributed by atoms with Crippen LogP contribution in [0.1, 0.15) is 40.5 Å². The normalized spacial score (nSPS) is 27.3. The first kappa shape index (κ1) is 13.9. The van der Waals surface area contributed by atoms with Crippen LogP contribution in [0, 0.1) is 6.04 Å². The maximum atomic E-state index is 4.74. The molecule has 1 aliphatic rings. The lowest BCUT2D eigenvalue weighted by molar-refractivity contribution is 0.255. The van der Waals surface area contributed by atoms with Crippen molar-refractivity contribution in [3.05, 3.63) is 6.04 Å². The molecule has 1 heterocycles. The summed E-state index contributed by atoms with van der Waals surface area (Å²) in [4.78, 5) is 4.74. The average Bonchev–Trinajstić information content (AvgIpc) is 2.13. The van der Waals surface area contributed by atoms with Crippen molar-refractivity contribution >= 4 is 14.5 Å². The standard InChI is InChI=1S/C13H27N2Si/c1-8-11-12(9-2)15(16(5,6)7)13(3,4)10-14-11/h10-11H,8-9H2,1-7H3/q-1. The van der Waals surface area contributed by atoms with E-state index in [1.54, 1.807) is 6.04 Å². The fourth-order valence-electron chi connectivity index (χ4n) is 2.97. The monoisotopic (exact) mass is 239 g/mol. The largest absolute Gasteiger partial charge is 0.465 e. The molecule has 3 heteroatoms. The highest BCUT2D eigenvalue weighted by molar-refractivity contribution is 6.74. The van der Waals surface area contributed by atoms with Crippen LogP contribution < -0.4 is 0 Å². The molecule has 0 spiro atoms. The van der Waals surface area contributed by atoms with E-state index in [1.165, 1.54) is 0 Å². The maximum Gasteiger partial charge on any atom is 0.0903 e. The first-order valence-corrected chi connectivity index (χ1v) is 9.89. The SMILES string of the molecule is CC[C-]1C(CC)N=CC(C)(C)N1[Si](C)(C)C. The van der Waals surface area contributed by atoms with Crippen LogP contribution in [0.4, 0.5) is 0 Å². The third kappa shape index (κ3) is 2.57. The Balaban J connectivity index is 3.12. The van der Waals surface area contributed by atoms with Crippen molar-refractivity contribution in [2.45, 2.75) is 71.8 Å². The molecule has 0 aromatic carbocycles. The number of hydrogen-bond donors (Lipinski definition) is 0. The van der Waals surface area contributed by atoms with E-state index < -0.39 is 8.24 Å². The second-order valence-electron chi connectivity index (χ2n) is 6.21. The van der Waals surface area contributed by atoms with Crippen LogP contribution >= 0.6 is 0 Å². The Morgan fingerprint density at radius 1 is 1.31 bits per heavy atom. The lowest BCUT2D eigenvalue weighted by Crippen LogP contribution is -2.63. The van der Waals surface area contributed by atoms with Crippen LogP contribution in [0.3, 0.4) is 0 Å². The van der Waals surface area contributed by atoms with Crippen molar-refractivity contribution in [2.75, 3.05) is 0 Å². The van der Waals surface area contributed by atoms with Crippen molar-refractivity contribution in [3.63, 3.8) is 0 Å². The average molecular weight is 239 g/mol. The Morgan fingerprint density at radius 2 is 1.88 bits per heavy atom. The maximum absolute atomic E-state index is 4.74. The molecule has 16 heavy (non-hydrogen) atoms. The van der Waals surface area contributed by atoms with Crippen LogP contribution in [-0.2, 0) is 0 Å². The second-order valence-corrected chi connectivity index (χ2v) is 11.0. The molecular weight excluding hydrogens is 212 g/mol. The van der Waals surface area contributed by atoms with Gasteiger partial charge in [0.2, 0.25) is 0 Å². The third-order valence-electron chi connectivity index (χ3n) is 3.24. The van der Waals surface area contributed by atoms with Crippen molar-refractivity contribution < 1.29 is 0 Å². The zero-order chi connectivity index (χ0) is 12.6. The number of rotatable bonds is 3. The van der Waals surface area contributed by atoms with E-state index in [-0.39, 0.29) is 5.54 Å². The predicted octanol–water partition coefficient (Wildman–Crippen LogP) is 3.71. The van der Waals surface area contributed by atoms with Gasteiger partial charge in [0.15, 0.2) is 0 Å². The van der Waals surface area contributed by atoms with Gasteiger partial charge < -0.3 is 9.56 Å². The van der Waals surface area contributed by atoms with Crippen LogP contribution in [0.25, 0.3) is 0 Å². The molecule has 0 radical (unpaired) electrons. The fraction of sp³-hybridized carbons (Fsp3) is 0.846. The molecule has 1 rings (SSSR count). The molecule has 0 saturated heterocycles. The molecule has 1 aliphatic heterocycles. The molecule has 0 saturated carbocycles. The lowest BCUT2D eigenvalue weighted by atomic mass is 9.95. The Labute approximate surface area is 102 Å². The van der Waals surface area contributed by atoms with Gasteiger partial charge in [-0.05, 0) is 13.8 Å². The van der Waals surface area contributed by atoms with Crippen molar-refractivity contribution in [2.24, 2.45) is 4.99 Å². The minimum atomic E-state index is -1.33. The molecule has 0 amide bonds. The molecule has 0 bridgehead atoms. The Bertz CT molecular complexity index is 266. The number of hydrogen-bond acceptors (Lipinski definition) is 2. The zero-order valence-corrected chi connectivity index (χ0v) is 13.0. The summed E-state index contributed by atoms with van der Waals surface area (Å²) in [5, 5.41) is 0. The summed E-state index contributed by atoms with van der Waals surface area (Å²) in [6.45, 7) is 16.4. The van der Waals surface area contributed by atoms with Gasteiger partial charge in [-0.3, -0.25) is 0 Å². The summed E-state index contributed by atoms with van der Waals surface area (Å²) in [6.07, 6.45) is 4.42. The molecule has 0 N–H and O–H groups in total. The van der Waals surface area contributed by atoms with Crippen molar-refractivity contribution in [3.8, 4) is 0 Å². The summed E-state index contributed by atoms with van der Waals surface area (Å²) in [5.41, 5.74) is 0.0987. The highest BCUT2D eigenvalue weighted by Crippen LogP contribution is 2.37. The Morgan fingerprint density at radius 3 is 2.25 bits per heavy atom. The van der Waals surface area contributed by atoms with Crippen molar-refractivity contribution in [1.82, 2.24) is 4.57 Å². The molecular formula is C13H27N2Si-. The van der Waals surface area contributed by atoms with E-state index in [9.17, 15) is 0 Å². The molecule has 94 valence electrons. The first-order valence-electron chi connectivity index (χ1n) is 6.44. The van der Waals surface area contributed by atoms with Crippen molar-refractivity contribution in [1.29, 1.82) is 0 Å². The quantitative estimate of drug-likeness (QED) is 0.541. The summed E-state index contributed by atoms with van der Waals surface area (Å²) >= 11 is 0. The fourth-order valence-corrected chi connectivity index (χ4v) is 5.92. The number of aliphatic imine (C=N–C) groups is 1. The summed E-state index contributed by atoms with van der Waals surface area (Å²) in [7, 11) is -1.33. The van der Waals surface area contributed by atoms with Gasteiger partial charge in [-0.2, -0.15) is 6.42 Å². The molecule has 0 aliphatic carbocycles. The van der Waals surface area contributed by atoms with Gasteiger partial charge in [0.25, 0.3) is 0 Å². The molecule has 0 aromatic heterocycles. The minimum absolute atomic E-state index is 0.0987. The van der Waals surface area contributed by atoms with Gasteiger partial charge in [0.1, 0.15) is 0 Å². The van der Waals surface area contributed by atoms with Gasteiger partial charge in [-0.15, -0.1) is 0 Å². The Hall–Kier alpha value is -0.153. The lowest BCUT2D eigenvalue weighted by Gasteiger charge is -2.63. The topological polar surface area (TPSA) is 15.6 Å². The smallest absolute Gasteiger partial charge is 0.0903 e.